The van der Waals surface area contributed by atoms with Crippen molar-refractivity contribution in [2.45, 2.75) is 27.2 Å². The Morgan fingerprint density at radius 2 is 2.00 bits per heavy atom. The Labute approximate surface area is 127 Å². The van der Waals surface area contributed by atoms with Crippen LogP contribution in [0.2, 0.25) is 0 Å². The molecule has 0 aliphatic heterocycles. The first-order valence-electron chi connectivity index (χ1n) is 7.13. The molecule has 0 heterocycles. The van der Waals surface area contributed by atoms with Gasteiger partial charge in [-0.25, -0.2) is 4.39 Å². The highest BCUT2D eigenvalue weighted by atomic mass is 32.1. The van der Waals surface area contributed by atoms with Crippen molar-refractivity contribution in [3.63, 3.8) is 0 Å². The highest BCUT2D eigenvalue weighted by Gasteiger charge is 2.13. The van der Waals surface area contributed by atoms with Gasteiger partial charge in [-0.3, -0.25) is 0 Å². The second kappa shape index (κ2) is 8.20. The first-order chi connectivity index (χ1) is 9.54. The third-order valence-electron chi connectivity index (χ3n) is 3.24. The second-order valence-electron chi connectivity index (χ2n) is 4.83. The van der Waals surface area contributed by atoms with E-state index in [0.717, 1.165) is 37.4 Å². The third kappa shape index (κ3) is 4.17. The zero-order valence-corrected chi connectivity index (χ0v) is 13.6. The average molecular weight is 296 g/mol. The molecule has 2 nitrogen and oxygen atoms in total. The summed E-state index contributed by atoms with van der Waals surface area (Å²) in [5, 5.41) is 0. The predicted octanol–water partition coefficient (Wildman–Crippen LogP) is 4.33. The van der Waals surface area contributed by atoms with Gasteiger partial charge in [0.15, 0.2) is 0 Å². The molecule has 0 spiro atoms. The van der Waals surface area contributed by atoms with Gasteiger partial charge in [0.05, 0.1) is 5.69 Å². The Bertz CT molecular complexity index is 448. The van der Waals surface area contributed by atoms with E-state index >= 15 is 0 Å². The number of halogens is 1. The zero-order chi connectivity index (χ0) is 15.1. The molecule has 1 rings (SSSR count). The maximum atomic E-state index is 14.4. The summed E-state index contributed by atoms with van der Waals surface area (Å²) in [5.74, 6) is 0.524. The molecule has 0 aliphatic rings. The third-order valence-corrected chi connectivity index (χ3v) is 3.44. The van der Waals surface area contributed by atoms with Crippen LogP contribution in [0.3, 0.4) is 0 Å². The molecule has 0 fully saturated rings. The van der Waals surface area contributed by atoms with E-state index in [0.29, 0.717) is 11.4 Å². The van der Waals surface area contributed by atoms with Gasteiger partial charge in [-0.1, -0.05) is 13.5 Å². The Kier molecular flexibility index (Phi) is 6.93. The zero-order valence-electron chi connectivity index (χ0n) is 12.7. The van der Waals surface area contributed by atoms with Gasteiger partial charge >= 0.3 is 0 Å². The van der Waals surface area contributed by atoms with Crippen LogP contribution in [0.25, 0.3) is 0 Å². The lowest BCUT2D eigenvalue weighted by molar-refractivity contribution is 0.619. The van der Waals surface area contributed by atoms with Crippen LogP contribution in [-0.2, 0) is 0 Å². The van der Waals surface area contributed by atoms with Crippen molar-refractivity contribution in [1.29, 1.82) is 0 Å². The van der Waals surface area contributed by atoms with Crippen molar-refractivity contribution in [2.24, 2.45) is 0 Å². The molecular weight excluding hydrogens is 271 g/mol. The normalized spacial score (nSPS) is 10.4. The number of hydrogen-bond acceptors (Lipinski definition) is 3. The van der Waals surface area contributed by atoms with Gasteiger partial charge < -0.3 is 9.80 Å². The summed E-state index contributed by atoms with van der Waals surface area (Å²) in [6, 6.07) is 5.41. The van der Waals surface area contributed by atoms with Crippen molar-refractivity contribution in [3.05, 3.63) is 36.3 Å². The lowest BCUT2D eigenvalue weighted by atomic mass is 10.2. The first kappa shape index (κ1) is 16.9. The molecule has 1 aromatic rings. The summed E-state index contributed by atoms with van der Waals surface area (Å²) in [6.45, 7) is 12.4. The second-order valence-corrected chi connectivity index (χ2v) is 5.27. The molecule has 0 aromatic heterocycles. The van der Waals surface area contributed by atoms with E-state index in [2.05, 4.69) is 26.1 Å². The number of benzene rings is 1. The van der Waals surface area contributed by atoms with E-state index in [1.807, 2.05) is 35.8 Å². The van der Waals surface area contributed by atoms with Crippen molar-refractivity contribution in [3.8, 4) is 0 Å². The largest absolute Gasteiger partial charge is 0.369 e. The smallest absolute Gasteiger partial charge is 0.148 e. The van der Waals surface area contributed by atoms with E-state index in [-0.39, 0.29) is 5.82 Å². The Balaban J connectivity index is 3.04. The molecule has 0 aliphatic carbocycles. The van der Waals surface area contributed by atoms with Crippen LogP contribution in [0.4, 0.5) is 15.8 Å². The van der Waals surface area contributed by atoms with Crippen LogP contribution < -0.4 is 9.80 Å². The van der Waals surface area contributed by atoms with Gasteiger partial charge in [0.2, 0.25) is 0 Å². The molecule has 0 N–H and O–H groups in total. The Morgan fingerprint density at radius 1 is 1.30 bits per heavy atom. The highest BCUT2D eigenvalue weighted by molar-refractivity contribution is 7.80. The first-order valence-corrected chi connectivity index (χ1v) is 7.76. The minimum absolute atomic E-state index is 0.187. The van der Waals surface area contributed by atoms with E-state index in [1.54, 1.807) is 6.07 Å². The van der Waals surface area contributed by atoms with Crippen LogP contribution >= 0.6 is 12.6 Å². The SMILES string of the molecule is C=C(C)N(CCC)c1ccc(N(CC)CCS)c(F)c1. The van der Waals surface area contributed by atoms with E-state index < -0.39 is 0 Å². The van der Waals surface area contributed by atoms with Gasteiger partial charge in [-0.05, 0) is 38.5 Å². The highest BCUT2D eigenvalue weighted by Crippen LogP contribution is 2.26. The van der Waals surface area contributed by atoms with Gasteiger partial charge in [0.1, 0.15) is 5.82 Å². The topological polar surface area (TPSA) is 6.48 Å². The predicted molar refractivity (Wildman–Crippen MR) is 90.6 cm³/mol. The van der Waals surface area contributed by atoms with Crippen LogP contribution in [0, 0.1) is 5.82 Å². The van der Waals surface area contributed by atoms with Crippen LogP contribution in [0.1, 0.15) is 27.2 Å². The van der Waals surface area contributed by atoms with E-state index in [4.69, 9.17) is 0 Å². The quantitative estimate of drug-likeness (QED) is 0.713. The van der Waals surface area contributed by atoms with Gasteiger partial charge in [0, 0.05) is 36.8 Å². The van der Waals surface area contributed by atoms with Crippen molar-refractivity contribution < 1.29 is 4.39 Å². The molecule has 0 saturated carbocycles. The number of allylic oxidation sites excluding steroid dienone is 1. The molecular formula is C16H25FN2S. The number of anilines is 2. The summed E-state index contributed by atoms with van der Waals surface area (Å²) in [4.78, 5) is 4.04. The fourth-order valence-corrected chi connectivity index (χ4v) is 2.50. The summed E-state index contributed by atoms with van der Waals surface area (Å²) in [5.41, 5.74) is 2.44. The average Bonchev–Trinajstić information content (AvgIpc) is 2.42. The molecule has 1 aromatic carbocycles. The van der Waals surface area contributed by atoms with Gasteiger partial charge in [-0.15, -0.1) is 0 Å². The maximum Gasteiger partial charge on any atom is 0.148 e. The Morgan fingerprint density at radius 3 is 2.45 bits per heavy atom. The maximum absolute atomic E-state index is 14.4. The van der Waals surface area contributed by atoms with E-state index in [9.17, 15) is 4.39 Å². The molecule has 20 heavy (non-hydrogen) atoms. The molecule has 4 heteroatoms. The summed E-state index contributed by atoms with van der Waals surface area (Å²) >= 11 is 4.22. The molecule has 0 bridgehead atoms. The van der Waals surface area contributed by atoms with Crippen molar-refractivity contribution in [2.75, 3.05) is 35.2 Å². The van der Waals surface area contributed by atoms with Crippen LogP contribution in [0.15, 0.2) is 30.5 Å². The molecule has 112 valence electrons. The minimum Gasteiger partial charge on any atom is -0.369 e. The minimum atomic E-state index is -0.187. The molecule has 0 radical (unpaired) electrons. The number of rotatable bonds is 8. The van der Waals surface area contributed by atoms with Crippen molar-refractivity contribution >= 4 is 24.0 Å². The standard InChI is InChI=1S/C16H25FN2S/c1-5-9-19(13(3)4)14-7-8-16(15(17)12-14)18(6-2)10-11-20/h7-8,12,20H,3,5-6,9-11H2,1-2,4H3. The molecule has 0 saturated heterocycles. The van der Waals surface area contributed by atoms with Crippen molar-refractivity contribution in [1.82, 2.24) is 0 Å². The Hall–Kier alpha value is -1.16. The lowest BCUT2D eigenvalue weighted by Gasteiger charge is -2.27. The lowest BCUT2D eigenvalue weighted by Crippen LogP contribution is -2.26. The summed E-state index contributed by atoms with van der Waals surface area (Å²) in [7, 11) is 0. The molecule has 0 unspecified atom stereocenters. The van der Waals surface area contributed by atoms with Gasteiger partial charge in [-0.2, -0.15) is 12.6 Å². The molecule has 0 atom stereocenters. The van der Waals surface area contributed by atoms with E-state index in [1.165, 1.54) is 0 Å². The summed E-state index contributed by atoms with van der Waals surface area (Å²) in [6.07, 6.45) is 0.997. The van der Waals surface area contributed by atoms with Gasteiger partial charge in [0.25, 0.3) is 0 Å². The number of thiol groups is 1. The monoisotopic (exact) mass is 296 g/mol. The van der Waals surface area contributed by atoms with Crippen LogP contribution in [0.5, 0.6) is 0 Å². The molecule has 0 amide bonds. The number of nitrogens with zero attached hydrogens (tertiary/aromatic N) is 2. The number of hydrogen-bond donors (Lipinski definition) is 1. The fraction of sp³-hybridized carbons (Fsp3) is 0.500. The summed E-state index contributed by atoms with van der Waals surface area (Å²) < 4.78 is 14.4. The van der Waals surface area contributed by atoms with Crippen LogP contribution in [-0.4, -0.2) is 25.4 Å². The fourth-order valence-electron chi connectivity index (χ4n) is 2.25.